The molecule has 0 spiro atoms. The van der Waals surface area contributed by atoms with Gasteiger partial charge in [0, 0.05) is 24.3 Å². The third-order valence-electron chi connectivity index (χ3n) is 3.92. The highest BCUT2D eigenvalue weighted by Gasteiger charge is 2.26. The van der Waals surface area contributed by atoms with E-state index in [2.05, 4.69) is 43.4 Å². The molecule has 0 aromatic heterocycles. The third kappa shape index (κ3) is 2.97. The lowest BCUT2D eigenvalue weighted by atomic mass is 9.78. The molecule has 3 heteroatoms. The number of hydrogen-bond acceptors (Lipinski definition) is 2. The van der Waals surface area contributed by atoms with Gasteiger partial charge in [-0.05, 0) is 29.9 Å². The summed E-state index contributed by atoms with van der Waals surface area (Å²) >= 11 is 1.89. The molecule has 3 rings (SSSR count). The van der Waals surface area contributed by atoms with Crippen molar-refractivity contribution in [3.8, 4) is 0 Å². The summed E-state index contributed by atoms with van der Waals surface area (Å²) in [4.78, 5) is 4.77. The van der Waals surface area contributed by atoms with Crippen LogP contribution in [-0.2, 0) is 6.42 Å². The Morgan fingerprint density at radius 1 is 1.37 bits per heavy atom. The van der Waals surface area contributed by atoms with Crippen molar-refractivity contribution in [3.05, 3.63) is 35.4 Å². The number of fused-ring (bicyclic) bond motifs is 1. The van der Waals surface area contributed by atoms with Crippen LogP contribution in [0.3, 0.4) is 0 Å². The Balaban J connectivity index is 1.52. The van der Waals surface area contributed by atoms with Gasteiger partial charge in [0.05, 0.1) is 0 Å². The van der Waals surface area contributed by atoms with Crippen molar-refractivity contribution >= 4 is 16.9 Å². The summed E-state index contributed by atoms with van der Waals surface area (Å²) in [7, 11) is 0. The molecule has 0 radical (unpaired) electrons. The number of benzene rings is 1. The van der Waals surface area contributed by atoms with E-state index >= 15 is 0 Å². The fourth-order valence-electron chi connectivity index (χ4n) is 2.94. The molecule has 1 N–H and O–H groups in total. The SMILES string of the molecule is CC(C)CC1CSC(=NCC2Cc3ccccc32)N1. The van der Waals surface area contributed by atoms with Crippen LogP contribution in [0.2, 0.25) is 0 Å². The minimum atomic E-state index is 0.623. The van der Waals surface area contributed by atoms with E-state index in [1.54, 1.807) is 0 Å². The van der Waals surface area contributed by atoms with Crippen LogP contribution in [0.25, 0.3) is 0 Å². The van der Waals surface area contributed by atoms with Crippen molar-refractivity contribution in [3.63, 3.8) is 0 Å². The van der Waals surface area contributed by atoms with E-state index in [1.807, 2.05) is 11.8 Å². The Labute approximate surface area is 120 Å². The van der Waals surface area contributed by atoms with Gasteiger partial charge < -0.3 is 5.32 Å². The summed E-state index contributed by atoms with van der Waals surface area (Å²) in [6.45, 7) is 5.51. The van der Waals surface area contributed by atoms with Crippen molar-refractivity contribution in [2.45, 2.75) is 38.6 Å². The monoisotopic (exact) mass is 274 g/mol. The van der Waals surface area contributed by atoms with E-state index in [1.165, 1.54) is 29.7 Å². The molecule has 1 aromatic carbocycles. The topological polar surface area (TPSA) is 24.4 Å². The molecule has 0 saturated carbocycles. The maximum Gasteiger partial charge on any atom is 0.156 e. The molecule has 1 fully saturated rings. The van der Waals surface area contributed by atoms with Crippen molar-refractivity contribution < 1.29 is 0 Å². The zero-order chi connectivity index (χ0) is 13.2. The highest BCUT2D eigenvalue weighted by molar-refractivity contribution is 8.14. The Hall–Kier alpha value is -0.960. The van der Waals surface area contributed by atoms with Crippen LogP contribution >= 0.6 is 11.8 Å². The standard InChI is InChI=1S/C16H22N2S/c1-11(2)7-14-10-19-16(18-14)17-9-13-8-12-5-3-4-6-15(12)13/h3-6,11,13-14H,7-10H2,1-2H3,(H,17,18). The number of thioether (sulfide) groups is 1. The molecular formula is C16H22N2S. The molecule has 1 saturated heterocycles. The van der Waals surface area contributed by atoms with Crippen LogP contribution in [-0.4, -0.2) is 23.5 Å². The number of hydrogen-bond donors (Lipinski definition) is 1. The second kappa shape index (κ2) is 5.58. The first-order valence-electron chi connectivity index (χ1n) is 7.24. The van der Waals surface area contributed by atoms with Gasteiger partial charge in [-0.15, -0.1) is 0 Å². The molecule has 2 atom stereocenters. The van der Waals surface area contributed by atoms with Crippen molar-refractivity contribution in [2.24, 2.45) is 10.9 Å². The summed E-state index contributed by atoms with van der Waals surface area (Å²) in [5.41, 5.74) is 3.02. The summed E-state index contributed by atoms with van der Waals surface area (Å²) < 4.78 is 0. The minimum absolute atomic E-state index is 0.623. The number of aliphatic imine (C=N–C) groups is 1. The summed E-state index contributed by atoms with van der Waals surface area (Å²) in [5.74, 6) is 2.59. The fourth-order valence-corrected chi connectivity index (χ4v) is 3.94. The zero-order valence-corrected chi connectivity index (χ0v) is 12.5. The average molecular weight is 274 g/mol. The average Bonchev–Trinajstić information content (AvgIpc) is 2.77. The van der Waals surface area contributed by atoms with Crippen LogP contribution in [0.4, 0.5) is 0 Å². The first-order chi connectivity index (χ1) is 9.22. The van der Waals surface area contributed by atoms with Gasteiger partial charge >= 0.3 is 0 Å². The smallest absolute Gasteiger partial charge is 0.156 e. The van der Waals surface area contributed by atoms with Crippen molar-refractivity contribution in [2.75, 3.05) is 12.3 Å². The molecular weight excluding hydrogens is 252 g/mol. The van der Waals surface area contributed by atoms with Crippen molar-refractivity contribution in [1.29, 1.82) is 0 Å². The van der Waals surface area contributed by atoms with Crippen LogP contribution in [0.1, 0.15) is 37.3 Å². The maximum absolute atomic E-state index is 4.77. The quantitative estimate of drug-likeness (QED) is 0.909. The molecule has 1 aliphatic carbocycles. The van der Waals surface area contributed by atoms with Gasteiger partial charge in [0.1, 0.15) is 0 Å². The molecule has 1 heterocycles. The predicted octanol–water partition coefficient (Wildman–Crippen LogP) is 3.43. The number of nitrogens with zero attached hydrogens (tertiary/aromatic N) is 1. The molecule has 0 bridgehead atoms. The number of amidine groups is 1. The lowest BCUT2D eigenvalue weighted by Gasteiger charge is -2.28. The van der Waals surface area contributed by atoms with Gasteiger partial charge in [-0.1, -0.05) is 49.9 Å². The molecule has 2 unspecified atom stereocenters. The number of rotatable bonds is 4. The molecule has 2 aliphatic rings. The van der Waals surface area contributed by atoms with E-state index < -0.39 is 0 Å². The van der Waals surface area contributed by atoms with E-state index in [0.29, 0.717) is 12.0 Å². The van der Waals surface area contributed by atoms with Gasteiger partial charge in [0.15, 0.2) is 5.17 Å². The second-order valence-electron chi connectivity index (χ2n) is 6.03. The zero-order valence-electron chi connectivity index (χ0n) is 11.7. The van der Waals surface area contributed by atoms with Crippen LogP contribution in [0.15, 0.2) is 29.3 Å². The first kappa shape index (κ1) is 13.0. The largest absolute Gasteiger partial charge is 0.361 e. The second-order valence-corrected chi connectivity index (χ2v) is 7.04. The van der Waals surface area contributed by atoms with Gasteiger partial charge in [-0.3, -0.25) is 4.99 Å². The highest BCUT2D eigenvalue weighted by atomic mass is 32.2. The lowest BCUT2D eigenvalue weighted by Crippen LogP contribution is -2.29. The Morgan fingerprint density at radius 2 is 2.21 bits per heavy atom. The van der Waals surface area contributed by atoms with Gasteiger partial charge in [-0.25, -0.2) is 0 Å². The van der Waals surface area contributed by atoms with E-state index in [-0.39, 0.29) is 0 Å². The van der Waals surface area contributed by atoms with Crippen molar-refractivity contribution in [1.82, 2.24) is 5.32 Å². The van der Waals surface area contributed by atoms with Gasteiger partial charge in [-0.2, -0.15) is 0 Å². The van der Waals surface area contributed by atoms with Crippen LogP contribution in [0, 0.1) is 5.92 Å². The Kier molecular flexibility index (Phi) is 3.83. The summed E-state index contributed by atoms with van der Waals surface area (Å²) in [6.07, 6.45) is 2.45. The minimum Gasteiger partial charge on any atom is -0.361 e. The normalized spacial score (nSPS) is 27.2. The van der Waals surface area contributed by atoms with Gasteiger partial charge in [0.2, 0.25) is 0 Å². The fraction of sp³-hybridized carbons (Fsp3) is 0.562. The lowest BCUT2D eigenvalue weighted by molar-refractivity contribution is 0.502. The summed E-state index contributed by atoms with van der Waals surface area (Å²) in [6, 6.07) is 9.38. The maximum atomic E-state index is 4.77. The Morgan fingerprint density at radius 3 is 3.00 bits per heavy atom. The van der Waals surface area contributed by atoms with E-state index in [0.717, 1.165) is 17.6 Å². The molecule has 0 amide bonds. The van der Waals surface area contributed by atoms with Crippen LogP contribution < -0.4 is 5.32 Å². The molecule has 1 aliphatic heterocycles. The van der Waals surface area contributed by atoms with E-state index in [4.69, 9.17) is 4.99 Å². The molecule has 1 aromatic rings. The number of nitrogens with one attached hydrogen (secondary N) is 1. The predicted molar refractivity (Wildman–Crippen MR) is 84.0 cm³/mol. The van der Waals surface area contributed by atoms with Gasteiger partial charge in [0.25, 0.3) is 0 Å². The molecule has 19 heavy (non-hydrogen) atoms. The van der Waals surface area contributed by atoms with E-state index in [9.17, 15) is 0 Å². The van der Waals surface area contributed by atoms with Crippen LogP contribution in [0.5, 0.6) is 0 Å². The summed E-state index contributed by atoms with van der Waals surface area (Å²) in [5, 5.41) is 4.72. The Bertz CT molecular complexity index is 481. The first-order valence-corrected chi connectivity index (χ1v) is 8.22. The molecule has 2 nitrogen and oxygen atoms in total. The highest BCUT2D eigenvalue weighted by Crippen LogP contribution is 2.35. The molecule has 102 valence electrons. The third-order valence-corrected chi connectivity index (χ3v) is 5.01.